The fraction of sp³-hybridized carbons (Fsp3) is 0.647. The fourth-order valence-corrected chi connectivity index (χ4v) is 3.67. The number of aromatic hydroxyl groups is 1. The van der Waals surface area contributed by atoms with Gasteiger partial charge in [-0.25, -0.2) is 4.98 Å². The normalized spacial score (nSPS) is 27.1. The summed E-state index contributed by atoms with van der Waals surface area (Å²) in [5, 5.41) is 19.9. The quantitative estimate of drug-likeness (QED) is 0.867. The van der Waals surface area contributed by atoms with Gasteiger partial charge in [0.05, 0.1) is 17.8 Å². The molecule has 0 aromatic carbocycles. The highest BCUT2D eigenvalue weighted by atomic mass is 16.5. The summed E-state index contributed by atoms with van der Waals surface area (Å²) < 4.78 is 6.23. The molecule has 23 heavy (non-hydrogen) atoms. The molecule has 2 atom stereocenters. The van der Waals surface area contributed by atoms with E-state index in [0.29, 0.717) is 38.8 Å². The van der Waals surface area contributed by atoms with Crippen molar-refractivity contribution < 1.29 is 19.7 Å². The maximum Gasteiger partial charge on any atom is 0.276 e. The van der Waals surface area contributed by atoms with Crippen molar-refractivity contribution >= 4 is 5.91 Å². The van der Waals surface area contributed by atoms with Gasteiger partial charge in [-0.1, -0.05) is 6.92 Å². The maximum absolute atomic E-state index is 12.5. The molecule has 1 spiro atoms. The number of aromatic nitrogens is 1. The third kappa shape index (κ3) is 3.33. The number of aliphatic hydroxyl groups excluding tert-OH is 1. The van der Waals surface area contributed by atoms with E-state index in [2.05, 4.69) is 11.9 Å². The third-order valence-corrected chi connectivity index (χ3v) is 4.97. The Morgan fingerprint density at radius 3 is 2.87 bits per heavy atom. The molecule has 0 radical (unpaired) electrons. The van der Waals surface area contributed by atoms with E-state index in [1.165, 1.54) is 12.3 Å². The van der Waals surface area contributed by atoms with Crippen molar-refractivity contribution in [3.05, 3.63) is 24.0 Å². The number of carbonyl (C=O) groups is 1. The van der Waals surface area contributed by atoms with Crippen molar-refractivity contribution in [2.24, 2.45) is 0 Å². The number of ether oxygens (including phenoxy) is 1. The van der Waals surface area contributed by atoms with Crippen LogP contribution in [0.25, 0.3) is 0 Å². The minimum atomic E-state index is -0.323. The van der Waals surface area contributed by atoms with Gasteiger partial charge >= 0.3 is 0 Å². The molecule has 2 fully saturated rings. The second kappa shape index (κ2) is 6.45. The highest BCUT2D eigenvalue weighted by molar-refractivity contribution is 5.94. The smallest absolute Gasteiger partial charge is 0.276 e. The lowest BCUT2D eigenvalue weighted by Gasteiger charge is -2.47. The second-order valence-corrected chi connectivity index (χ2v) is 6.59. The van der Waals surface area contributed by atoms with Gasteiger partial charge < -0.3 is 19.8 Å². The van der Waals surface area contributed by atoms with Crippen molar-refractivity contribution in [3.8, 4) is 5.75 Å². The summed E-state index contributed by atoms with van der Waals surface area (Å²) in [7, 11) is 0. The molecule has 0 aliphatic carbocycles. The van der Waals surface area contributed by atoms with E-state index in [0.717, 1.165) is 6.42 Å². The number of hydrogen-bond donors (Lipinski definition) is 2. The average molecular weight is 320 g/mol. The van der Waals surface area contributed by atoms with Crippen LogP contribution in [-0.4, -0.2) is 56.9 Å². The molecule has 1 aromatic rings. The number of amides is 1. The highest BCUT2D eigenvalue weighted by Crippen LogP contribution is 2.38. The fourth-order valence-electron chi connectivity index (χ4n) is 3.67. The Hall–Kier alpha value is -1.66. The molecule has 126 valence electrons. The second-order valence-electron chi connectivity index (χ2n) is 6.59. The monoisotopic (exact) mass is 320 g/mol. The van der Waals surface area contributed by atoms with Gasteiger partial charge in [-0.05, 0) is 37.8 Å². The Morgan fingerprint density at radius 1 is 1.48 bits per heavy atom. The molecule has 2 aliphatic rings. The average Bonchev–Trinajstić information content (AvgIpc) is 2.54. The van der Waals surface area contributed by atoms with Crippen molar-refractivity contribution in [1.82, 2.24) is 9.88 Å². The molecule has 3 rings (SSSR count). The standard InChI is InChI=1S/C17H24N2O4/c1-2-13-10-12(20)11-17(23-13)5-8-19(9-6-17)16(22)15-14(21)4-3-7-18-15/h3-4,7,12-13,20-21H,2,5-6,8-11H2,1H3/t12-,13+/m1/s1. The lowest BCUT2D eigenvalue weighted by Crippen LogP contribution is -2.53. The predicted molar refractivity (Wildman–Crippen MR) is 84.2 cm³/mol. The lowest BCUT2D eigenvalue weighted by atomic mass is 9.81. The van der Waals surface area contributed by atoms with Gasteiger partial charge in [0.1, 0.15) is 5.75 Å². The van der Waals surface area contributed by atoms with Crippen LogP contribution in [-0.2, 0) is 4.74 Å². The molecule has 1 amide bonds. The van der Waals surface area contributed by atoms with Crippen molar-refractivity contribution in [2.45, 2.75) is 56.8 Å². The van der Waals surface area contributed by atoms with E-state index in [1.54, 1.807) is 11.0 Å². The lowest BCUT2D eigenvalue weighted by molar-refractivity contribution is -0.179. The number of likely N-dealkylation sites (tertiary alicyclic amines) is 1. The van der Waals surface area contributed by atoms with Crippen molar-refractivity contribution in [2.75, 3.05) is 13.1 Å². The van der Waals surface area contributed by atoms with Crippen LogP contribution < -0.4 is 0 Å². The topological polar surface area (TPSA) is 82.9 Å². The van der Waals surface area contributed by atoms with Gasteiger partial charge in [-0.3, -0.25) is 4.79 Å². The molecule has 2 N–H and O–H groups in total. The van der Waals surface area contributed by atoms with E-state index < -0.39 is 0 Å². The first kappa shape index (κ1) is 16.2. The van der Waals surface area contributed by atoms with Crippen LogP contribution >= 0.6 is 0 Å². The molecular weight excluding hydrogens is 296 g/mol. The van der Waals surface area contributed by atoms with Gasteiger partial charge in [0.2, 0.25) is 0 Å². The molecule has 0 bridgehead atoms. The summed E-state index contributed by atoms with van der Waals surface area (Å²) in [6.07, 6.45) is 4.92. The zero-order valence-corrected chi connectivity index (χ0v) is 13.4. The zero-order chi connectivity index (χ0) is 16.4. The number of rotatable bonds is 2. The number of nitrogens with zero attached hydrogens (tertiary/aromatic N) is 2. The van der Waals surface area contributed by atoms with E-state index in [4.69, 9.17) is 4.74 Å². The third-order valence-electron chi connectivity index (χ3n) is 4.97. The van der Waals surface area contributed by atoms with E-state index >= 15 is 0 Å². The summed E-state index contributed by atoms with van der Waals surface area (Å²) in [6.45, 7) is 3.18. The minimum Gasteiger partial charge on any atom is -0.505 e. The predicted octanol–water partition coefficient (Wildman–Crippen LogP) is 1.71. The van der Waals surface area contributed by atoms with Crippen LogP contribution in [0.1, 0.15) is 49.5 Å². The molecular formula is C17H24N2O4. The summed E-state index contributed by atoms with van der Waals surface area (Å²) in [6, 6.07) is 3.07. The molecule has 2 saturated heterocycles. The molecule has 6 nitrogen and oxygen atoms in total. The van der Waals surface area contributed by atoms with Crippen LogP contribution in [0, 0.1) is 0 Å². The largest absolute Gasteiger partial charge is 0.505 e. The molecule has 3 heterocycles. The van der Waals surface area contributed by atoms with E-state index in [9.17, 15) is 15.0 Å². The first-order valence-corrected chi connectivity index (χ1v) is 8.32. The van der Waals surface area contributed by atoms with Gasteiger partial charge in [-0.15, -0.1) is 0 Å². The van der Waals surface area contributed by atoms with Crippen molar-refractivity contribution in [3.63, 3.8) is 0 Å². The van der Waals surface area contributed by atoms with Gasteiger partial charge in [0, 0.05) is 25.7 Å². The molecule has 6 heteroatoms. The van der Waals surface area contributed by atoms with Crippen LogP contribution in [0.15, 0.2) is 18.3 Å². The Bertz CT molecular complexity index is 569. The molecule has 0 unspecified atom stereocenters. The number of carbonyl (C=O) groups excluding carboxylic acids is 1. The van der Waals surface area contributed by atoms with Gasteiger partial charge in [0.25, 0.3) is 5.91 Å². The Morgan fingerprint density at radius 2 is 2.22 bits per heavy atom. The molecule has 0 saturated carbocycles. The Balaban J connectivity index is 1.66. The Kier molecular flexibility index (Phi) is 4.55. The number of hydrogen-bond acceptors (Lipinski definition) is 5. The SMILES string of the molecule is CC[C@H]1C[C@@H](O)CC2(CCN(C(=O)c3ncccc3O)CC2)O1. The van der Waals surface area contributed by atoms with E-state index in [1.807, 2.05) is 0 Å². The minimum absolute atomic E-state index is 0.0897. The summed E-state index contributed by atoms with van der Waals surface area (Å²) in [4.78, 5) is 18.2. The summed E-state index contributed by atoms with van der Waals surface area (Å²) in [5.41, 5.74) is -0.221. The molecule has 1 aromatic heterocycles. The van der Waals surface area contributed by atoms with Gasteiger partial charge in [0.15, 0.2) is 5.69 Å². The number of piperidine rings is 1. The molecule has 2 aliphatic heterocycles. The first-order valence-electron chi connectivity index (χ1n) is 8.32. The van der Waals surface area contributed by atoms with Gasteiger partial charge in [-0.2, -0.15) is 0 Å². The maximum atomic E-state index is 12.5. The number of aliphatic hydroxyl groups is 1. The van der Waals surface area contributed by atoms with Crippen LogP contribution in [0.2, 0.25) is 0 Å². The van der Waals surface area contributed by atoms with Crippen LogP contribution in [0.4, 0.5) is 0 Å². The van der Waals surface area contributed by atoms with Crippen LogP contribution in [0.5, 0.6) is 5.75 Å². The summed E-state index contributed by atoms with van der Waals surface area (Å²) >= 11 is 0. The zero-order valence-electron chi connectivity index (χ0n) is 13.4. The first-order chi connectivity index (χ1) is 11.0. The number of pyridine rings is 1. The Labute approximate surface area is 136 Å². The van der Waals surface area contributed by atoms with Crippen LogP contribution in [0.3, 0.4) is 0 Å². The van der Waals surface area contributed by atoms with Crippen molar-refractivity contribution in [1.29, 1.82) is 0 Å². The summed E-state index contributed by atoms with van der Waals surface area (Å²) in [5.74, 6) is -0.338. The van der Waals surface area contributed by atoms with E-state index in [-0.39, 0.29) is 35.2 Å². The highest BCUT2D eigenvalue weighted by Gasteiger charge is 2.43.